The Kier molecular flexibility index (Phi) is 6.97. The number of rotatable bonds is 8. The Morgan fingerprint density at radius 3 is 2.47 bits per heavy atom. The van der Waals surface area contributed by atoms with Gasteiger partial charge >= 0.3 is 0 Å². The lowest BCUT2D eigenvalue weighted by Gasteiger charge is -2.09. The summed E-state index contributed by atoms with van der Waals surface area (Å²) in [4.78, 5) is 0. The van der Waals surface area contributed by atoms with Gasteiger partial charge in [-0.1, -0.05) is 17.3 Å². The summed E-state index contributed by atoms with van der Waals surface area (Å²) in [6.45, 7) is 6.99. The highest BCUT2D eigenvalue weighted by atomic mass is 16.5. The number of oxime groups is 1. The number of aryl methyl sites for hydroxylation is 1. The first-order valence-corrected chi connectivity index (χ1v) is 6.62. The van der Waals surface area contributed by atoms with Gasteiger partial charge in [0.05, 0.1) is 18.4 Å². The van der Waals surface area contributed by atoms with Gasteiger partial charge in [0, 0.05) is 0 Å². The average Bonchev–Trinajstić information content (AvgIpc) is 2.42. The molecule has 106 valence electrons. The lowest BCUT2D eigenvalue weighted by atomic mass is 10.1. The predicted octanol–water partition coefficient (Wildman–Crippen LogP) is 3.27. The number of benzene rings is 1. The fourth-order valence-electron chi connectivity index (χ4n) is 1.57. The number of hydrogen-bond acceptors (Lipinski definition) is 4. The van der Waals surface area contributed by atoms with Crippen molar-refractivity contribution in [3.8, 4) is 5.75 Å². The normalized spacial score (nSPS) is 11.9. The summed E-state index contributed by atoms with van der Waals surface area (Å²) in [6.07, 6.45) is 1.87. The van der Waals surface area contributed by atoms with Crippen molar-refractivity contribution in [1.82, 2.24) is 0 Å². The van der Waals surface area contributed by atoms with Gasteiger partial charge in [-0.3, -0.25) is 0 Å². The van der Waals surface area contributed by atoms with Crippen LogP contribution in [0.25, 0.3) is 0 Å². The van der Waals surface area contributed by atoms with Gasteiger partial charge in [-0.25, -0.2) is 0 Å². The van der Waals surface area contributed by atoms with Crippen LogP contribution >= 0.6 is 0 Å². The standard InChI is InChI=1S/C15H23NO3/c1-12(2)18-10-11-19-15-8-6-14(7-9-15)5-4-13(3)16-17/h6-9,12,17H,4-5,10-11H2,1-3H3. The summed E-state index contributed by atoms with van der Waals surface area (Å²) in [5.74, 6) is 0.851. The fourth-order valence-corrected chi connectivity index (χ4v) is 1.57. The van der Waals surface area contributed by atoms with Crippen LogP contribution in [-0.4, -0.2) is 30.2 Å². The summed E-state index contributed by atoms with van der Waals surface area (Å²) < 4.78 is 11.0. The van der Waals surface area contributed by atoms with Crippen LogP contribution in [0.2, 0.25) is 0 Å². The minimum atomic E-state index is 0.238. The Bertz CT molecular complexity index is 385. The number of nitrogens with zero attached hydrogens (tertiary/aromatic N) is 1. The molecule has 0 radical (unpaired) electrons. The van der Waals surface area contributed by atoms with Gasteiger partial charge in [0.25, 0.3) is 0 Å². The Morgan fingerprint density at radius 1 is 1.21 bits per heavy atom. The van der Waals surface area contributed by atoms with Crippen molar-refractivity contribution in [2.24, 2.45) is 5.16 Å². The highest BCUT2D eigenvalue weighted by Crippen LogP contribution is 2.13. The molecule has 0 aromatic heterocycles. The van der Waals surface area contributed by atoms with E-state index < -0.39 is 0 Å². The topological polar surface area (TPSA) is 51.0 Å². The largest absolute Gasteiger partial charge is 0.491 e. The van der Waals surface area contributed by atoms with Crippen LogP contribution in [-0.2, 0) is 11.2 Å². The van der Waals surface area contributed by atoms with E-state index in [1.54, 1.807) is 0 Å². The van der Waals surface area contributed by atoms with Gasteiger partial charge in [0.1, 0.15) is 12.4 Å². The van der Waals surface area contributed by atoms with Crippen molar-refractivity contribution in [3.05, 3.63) is 29.8 Å². The lowest BCUT2D eigenvalue weighted by Crippen LogP contribution is -2.11. The van der Waals surface area contributed by atoms with Gasteiger partial charge in [-0.05, 0) is 51.3 Å². The molecule has 0 unspecified atom stereocenters. The first-order valence-electron chi connectivity index (χ1n) is 6.62. The molecule has 0 atom stereocenters. The van der Waals surface area contributed by atoms with E-state index in [1.165, 1.54) is 5.56 Å². The molecule has 0 saturated carbocycles. The van der Waals surface area contributed by atoms with Crippen LogP contribution < -0.4 is 4.74 Å². The Hall–Kier alpha value is -1.55. The second-order valence-corrected chi connectivity index (χ2v) is 4.75. The van der Waals surface area contributed by atoms with Crippen molar-refractivity contribution in [2.75, 3.05) is 13.2 Å². The average molecular weight is 265 g/mol. The minimum Gasteiger partial charge on any atom is -0.491 e. The second-order valence-electron chi connectivity index (χ2n) is 4.75. The molecular formula is C15H23NO3. The first kappa shape index (κ1) is 15.5. The molecule has 1 N–H and O–H groups in total. The second kappa shape index (κ2) is 8.53. The van der Waals surface area contributed by atoms with E-state index in [4.69, 9.17) is 14.7 Å². The van der Waals surface area contributed by atoms with Crippen molar-refractivity contribution < 1.29 is 14.7 Å². The van der Waals surface area contributed by atoms with Crippen molar-refractivity contribution in [3.63, 3.8) is 0 Å². The number of hydrogen-bond donors (Lipinski definition) is 1. The summed E-state index contributed by atoms with van der Waals surface area (Å²) in [5, 5.41) is 11.7. The summed E-state index contributed by atoms with van der Waals surface area (Å²) in [7, 11) is 0. The highest BCUT2D eigenvalue weighted by molar-refractivity contribution is 5.81. The molecule has 0 spiro atoms. The first-order chi connectivity index (χ1) is 9.11. The third kappa shape index (κ3) is 6.82. The van der Waals surface area contributed by atoms with Crippen LogP contribution in [0.15, 0.2) is 29.4 Å². The molecule has 1 aromatic rings. The third-order valence-electron chi connectivity index (χ3n) is 2.67. The molecule has 0 amide bonds. The molecule has 0 aliphatic rings. The smallest absolute Gasteiger partial charge is 0.119 e. The molecule has 19 heavy (non-hydrogen) atoms. The van der Waals surface area contributed by atoms with E-state index in [2.05, 4.69) is 5.16 Å². The highest BCUT2D eigenvalue weighted by Gasteiger charge is 1.99. The van der Waals surface area contributed by atoms with E-state index in [0.29, 0.717) is 13.2 Å². The predicted molar refractivity (Wildman–Crippen MR) is 76.2 cm³/mol. The van der Waals surface area contributed by atoms with Crippen LogP contribution in [0.1, 0.15) is 32.8 Å². The Morgan fingerprint density at radius 2 is 1.89 bits per heavy atom. The van der Waals surface area contributed by atoms with Crippen molar-refractivity contribution >= 4 is 5.71 Å². The molecule has 4 heteroatoms. The van der Waals surface area contributed by atoms with E-state index in [0.717, 1.165) is 24.3 Å². The number of ether oxygens (including phenoxy) is 2. The molecular weight excluding hydrogens is 242 g/mol. The maximum absolute atomic E-state index is 8.57. The molecule has 1 rings (SSSR count). The van der Waals surface area contributed by atoms with Gasteiger partial charge in [-0.15, -0.1) is 0 Å². The lowest BCUT2D eigenvalue weighted by molar-refractivity contribution is 0.0552. The van der Waals surface area contributed by atoms with E-state index in [-0.39, 0.29) is 6.10 Å². The zero-order chi connectivity index (χ0) is 14.1. The zero-order valence-corrected chi connectivity index (χ0v) is 11.9. The molecule has 0 aliphatic heterocycles. The van der Waals surface area contributed by atoms with E-state index in [9.17, 15) is 0 Å². The Labute approximate surface area is 115 Å². The molecule has 0 aliphatic carbocycles. The van der Waals surface area contributed by atoms with Crippen molar-refractivity contribution in [1.29, 1.82) is 0 Å². The Balaban J connectivity index is 2.31. The van der Waals surface area contributed by atoms with Gasteiger partial charge in [-0.2, -0.15) is 0 Å². The monoisotopic (exact) mass is 265 g/mol. The summed E-state index contributed by atoms with van der Waals surface area (Å²) in [6, 6.07) is 7.97. The maximum atomic E-state index is 8.57. The van der Waals surface area contributed by atoms with E-state index >= 15 is 0 Å². The van der Waals surface area contributed by atoms with E-state index in [1.807, 2.05) is 45.0 Å². The molecule has 1 aromatic carbocycles. The van der Waals surface area contributed by atoms with Crippen LogP contribution in [0, 0.1) is 0 Å². The van der Waals surface area contributed by atoms with Crippen LogP contribution in [0.5, 0.6) is 5.75 Å². The van der Waals surface area contributed by atoms with Crippen molar-refractivity contribution in [2.45, 2.75) is 39.7 Å². The summed E-state index contributed by atoms with van der Waals surface area (Å²) >= 11 is 0. The SMILES string of the molecule is CC(CCc1ccc(OCCOC(C)C)cc1)=NO. The van der Waals surface area contributed by atoms with Gasteiger partial charge < -0.3 is 14.7 Å². The summed E-state index contributed by atoms with van der Waals surface area (Å²) in [5.41, 5.74) is 1.94. The maximum Gasteiger partial charge on any atom is 0.119 e. The van der Waals surface area contributed by atoms with Gasteiger partial charge in [0.15, 0.2) is 0 Å². The van der Waals surface area contributed by atoms with Crippen LogP contribution in [0.4, 0.5) is 0 Å². The van der Waals surface area contributed by atoms with Gasteiger partial charge in [0.2, 0.25) is 0 Å². The molecule has 0 saturated heterocycles. The molecule has 0 heterocycles. The van der Waals surface area contributed by atoms with Crippen LogP contribution in [0.3, 0.4) is 0 Å². The molecule has 0 fully saturated rings. The quantitative estimate of drug-likeness (QED) is 0.340. The zero-order valence-electron chi connectivity index (χ0n) is 11.9. The minimum absolute atomic E-state index is 0.238. The fraction of sp³-hybridized carbons (Fsp3) is 0.533. The molecule has 0 bridgehead atoms. The third-order valence-corrected chi connectivity index (χ3v) is 2.67. The molecule has 4 nitrogen and oxygen atoms in total.